The zero-order valence-corrected chi connectivity index (χ0v) is 7.06. The number of hydrogen-bond acceptors (Lipinski definition) is 2. The Bertz CT molecular complexity index is 46.2. The average Bonchev–Trinajstić information content (AvgIpc) is 1.91. The Morgan fingerprint density at radius 1 is 1.22 bits per heavy atom. The summed E-state index contributed by atoms with van der Waals surface area (Å²) in [6, 6.07) is 0.0972. The molecule has 0 radical (unpaired) electrons. The van der Waals surface area contributed by atoms with E-state index in [-0.39, 0.29) is 6.04 Å². The Hall–Kier alpha value is -0.0800. The average molecular weight is 132 g/mol. The summed E-state index contributed by atoms with van der Waals surface area (Å²) in [5.41, 5.74) is 0. The Labute approximate surface area is 58.3 Å². The summed E-state index contributed by atoms with van der Waals surface area (Å²) in [5.74, 6) is 0. The summed E-state index contributed by atoms with van der Waals surface area (Å²) in [4.78, 5) is 0. The molecule has 0 aromatic heterocycles. The lowest BCUT2D eigenvalue weighted by Crippen LogP contribution is -2.41. The summed E-state index contributed by atoms with van der Waals surface area (Å²) < 4.78 is 0. The van der Waals surface area contributed by atoms with Crippen LogP contribution in [0.5, 0.6) is 0 Å². The van der Waals surface area contributed by atoms with Crippen molar-refractivity contribution in [2.24, 2.45) is 0 Å². The van der Waals surface area contributed by atoms with Gasteiger partial charge in [-0.15, -0.1) is 6.10 Å². The van der Waals surface area contributed by atoms with E-state index in [2.05, 4.69) is 5.32 Å². The smallest absolute Gasteiger partial charge is 0.00917 e. The molecular formula is C7H18NO-. The fourth-order valence-corrected chi connectivity index (χ4v) is 0.235. The number of rotatable bonds is 2. The minimum Gasteiger partial charge on any atom is -0.851 e. The van der Waals surface area contributed by atoms with Gasteiger partial charge >= 0.3 is 0 Å². The second-order valence-electron chi connectivity index (χ2n) is 1.78. The van der Waals surface area contributed by atoms with Crippen LogP contribution < -0.4 is 10.4 Å². The van der Waals surface area contributed by atoms with Crippen LogP contribution in [0.1, 0.15) is 27.7 Å². The summed E-state index contributed by atoms with van der Waals surface area (Å²) in [5, 5.41) is 13.2. The van der Waals surface area contributed by atoms with Crippen molar-refractivity contribution >= 4 is 0 Å². The van der Waals surface area contributed by atoms with Crippen LogP contribution in [0.4, 0.5) is 0 Å². The van der Waals surface area contributed by atoms with Gasteiger partial charge in [-0.05, 0) is 13.1 Å². The lowest BCUT2D eigenvalue weighted by molar-refractivity contribution is -0.419. The lowest BCUT2D eigenvalue weighted by atomic mass is 10.2. The number of hydrogen-bond donors (Lipinski definition) is 1. The third-order valence-corrected chi connectivity index (χ3v) is 1.16. The highest BCUT2D eigenvalue weighted by Crippen LogP contribution is 1.81. The molecule has 0 aromatic rings. The van der Waals surface area contributed by atoms with E-state index in [0.29, 0.717) is 0 Å². The van der Waals surface area contributed by atoms with Gasteiger partial charge in [0.2, 0.25) is 0 Å². The SMILES string of the molecule is CC.CNC(C)C(C)[O-]. The fourth-order valence-electron chi connectivity index (χ4n) is 0.235. The van der Waals surface area contributed by atoms with Gasteiger partial charge < -0.3 is 10.4 Å². The highest BCUT2D eigenvalue weighted by molar-refractivity contribution is 4.60. The van der Waals surface area contributed by atoms with Crippen LogP contribution in [-0.2, 0) is 0 Å². The summed E-state index contributed by atoms with van der Waals surface area (Å²) >= 11 is 0. The zero-order valence-electron chi connectivity index (χ0n) is 7.06. The number of likely N-dealkylation sites (N-methyl/N-ethyl adjacent to an activating group) is 1. The third-order valence-electron chi connectivity index (χ3n) is 1.16. The largest absolute Gasteiger partial charge is 0.851 e. The molecule has 2 atom stereocenters. The van der Waals surface area contributed by atoms with E-state index in [1.165, 1.54) is 0 Å². The van der Waals surface area contributed by atoms with Crippen molar-refractivity contribution < 1.29 is 5.11 Å². The molecule has 0 bridgehead atoms. The van der Waals surface area contributed by atoms with Gasteiger partial charge in [-0.3, -0.25) is 0 Å². The Kier molecular flexibility index (Phi) is 10.3. The molecule has 0 heterocycles. The van der Waals surface area contributed by atoms with Crippen molar-refractivity contribution in [1.82, 2.24) is 5.32 Å². The van der Waals surface area contributed by atoms with Crippen molar-refractivity contribution in [3.63, 3.8) is 0 Å². The Morgan fingerprint density at radius 2 is 1.56 bits per heavy atom. The first kappa shape index (κ1) is 11.7. The minimum atomic E-state index is -0.495. The second kappa shape index (κ2) is 7.92. The molecule has 2 nitrogen and oxygen atoms in total. The Morgan fingerprint density at radius 3 is 1.56 bits per heavy atom. The van der Waals surface area contributed by atoms with Gasteiger partial charge in [-0.1, -0.05) is 27.7 Å². The molecule has 2 heteroatoms. The summed E-state index contributed by atoms with van der Waals surface area (Å²) in [6.45, 7) is 7.53. The third kappa shape index (κ3) is 7.92. The first-order valence-corrected chi connectivity index (χ1v) is 3.51. The van der Waals surface area contributed by atoms with Gasteiger partial charge in [0.15, 0.2) is 0 Å². The van der Waals surface area contributed by atoms with Gasteiger partial charge in [0.05, 0.1) is 0 Å². The molecule has 0 saturated heterocycles. The molecule has 0 aromatic carbocycles. The first-order chi connectivity index (χ1) is 4.18. The van der Waals surface area contributed by atoms with Crippen LogP contribution in [0.3, 0.4) is 0 Å². The zero-order chi connectivity index (χ0) is 7.86. The monoisotopic (exact) mass is 132 g/mol. The lowest BCUT2D eigenvalue weighted by Gasteiger charge is -2.23. The van der Waals surface area contributed by atoms with E-state index in [9.17, 15) is 5.11 Å². The van der Waals surface area contributed by atoms with Crippen LogP contribution in [0, 0.1) is 0 Å². The van der Waals surface area contributed by atoms with Crippen molar-refractivity contribution in [2.75, 3.05) is 7.05 Å². The molecular weight excluding hydrogens is 114 g/mol. The maximum absolute atomic E-state index is 10.4. The van der Waals surface area contributed by atoms with Crippen molar-refractivity contribution in [2.45, 2.75) is 39.8 Å². The molecule has 0 aliphatic rings. The van der Waals surface area contributed by atoms with Crippen LogP contribution in [0.15, 0.2) is 0 Å². The maximum Gasteiger partial charge on any atom is -0.00917 e. The molecule has 2 unspecified atom stereocenters. The van der Waals surface area contributed by atoms with E-state index >= 15 is 0 Å². The van der Waals surface area contributed by atoms with Crippen molar-refractivity contribution in [3.8, 4) is 0 Å². The molecule has 0 aliphatic heterocycles. The maximum atomic E-state index is 10.4. The first-order valence-electron chi connectivity index (χ1n) is 3.51. The standard InChI is InChI=1S/C5H12NO.C2H6/c1-4(6-3)5(2)7;1-2/h4-6H,1-3H3;1-2H3/q-1;. The highest BCUT2D eigenvalue weighted by atomic mass is 16.3. The van der Waals surface area contributed by atoms with E-state index < -0.39 is 6.10 Å². The van der Waals surface area contributed by atoms with Gasteiger partial charge in [0, 0.05) is 0 Å². The quantitative estimate of drug-likeness (QED) is 0.589. The van der Waals surface area contributed by atoms with Gasteiger partial charge in [-0.25, -0.2) is 0 Å². The van der Waals surface area contributed by atoms with E-state index in [1.54, 1.807) is 14.0 Å². The molecule has 1 N–H and O–H groups in total. The van der Waals surface area contributed by atoms with Crippen molar-refractivity contribution in [3.05, 3.63) is 0 Å². The predicted molar refractivity (Wildman–Crippen MR) is 39.3 cm³/mol. The fraction of sp³-hybridized carbons (Fsp3) is 1.00. The molecule has 0 amide bonds. The van der Waals surface area contributed by atoms with Gasteiger partial charge in [0.25, 0.3) is 0 Å². The van der Waals surface area contributed by atoms with Gasteiger partial charge in [0.1, 0.15) is 0 Å². The topological polar surface area (TPSA) is 35.1 Å². The minimum absolute atomic E-state index is 0.0972. The molecule has 0 spiro atoms. The van der Waals surface area contributed by atoms with Gasteiger partial charge in [-0.2, -0.15) is 0 Å². The molecule has 0 aliphatic carbocycles. The molecule has 0 fully saturated rings. The van der Waals surface area contributed by atoms with E-state index in [0.717, 1.165) is 0 Å². The predicted octanol–water partition coefficient (Wildman–Crippen LogP) is 0.369. The van der Waals surface area contributed by atoms with Crippen LogP contribution in [0.2, 0.25) is 0 Å². The molecule has 9 heavy (non-hydrogen) atoms. The van der Waals surface area contributed by atoms with Crippen LogP contribution >= 0.6 is 0 Å². The van der Waals surface area contributed by atoms with E-state index in [4.69, 9.17) is 0 Å². The summed E-state index contributed by atoms with van der Waals surface area (Å²) in [7, 11) is 1.79. The normalized spacial score (nSPS) is 15.3. The Balaban J connectivity index is 0. The van der Waals surface area contributed by atoms with Crippen molar-refractivity contribution in [1.29, 1.82) is 0 Å². The molecule has 0 rings (SSSR count). The van der Waals surface area contributed by atoms with E-state index in [1.807, 2.05) is 20.8 Å². The van der Waals surface area contributed by atoms with Crippen LogP contribution in [-0.4, -0.2) is 19.2 Å². The second-order valence-corrected chi connectivity index (χ2v) is 1.78. The highest BCUT2D eigenvalue weighted by Gasteiger charge is 1.93. The number of nitrogens with one attached hydrogen (secondary N) is 1. The van der Waals surface area contributed by atoms with Crippen LogP contribution in [0.25, 0.3) is 0 Å². The summed E-state index contributed by atoms with van der Waals surface area (Å²) in [6.07, 6.45) is -0.495. The molecule has 0 saturated carbocycles. The molecule has 58 valence electrons.